The van der Waals surface area contributed by atoms with Gasteiger partial charge in [0.05, 0.1) is 16.2 Å². The molecule has 1 amide bonds. The Morgan fingerprint density at radius 1 is 1.22 bits per heavy atom. The van der Waals surface area contributed by atoms with Gasteiger partial charge in [-0.25, -0.2) is 22.6 Å². The van der Waals surface area contributed by atoms with E-state index in [2.05, 4.69) is 15.5 Å². The SMILES string of the molecule is Cn1nnnc1Sc1ccc([N+](=O)[O-])cc1C(=O)OCC(=O)Nc1ccc(F)c(F)c1F. The molecule has 0 spiro atoms. The lowest BCUT2D eigenvalue weighted by molar-refractivity contribution is -0.384. The van der Waals surface area contributed by atoms with Crippen LogP contribution in [-0.4, -0.2) is 43.6 Å². The third kappa shape index (κ3) is 5.00. The summed E-state index contributed by atoms with van der Waals surface area (Å²) in [6.07, 6.45) is 0. The van der Waals surface area contributed by atoms with E-state index in [1.165, 1.54) is 17.8 Å². The van der Waals surface area contributed by atoms with Gasteiger partial charge in [-0.1, -0.05) is 0 Å². The molecule has 3 aromatic rings. The van der Waals surface area contributed by atoms with Crippen LogP contribution in [0.2, 0.25) is 0 Å². The van der Waals surface area contributed by atoms with E-state index in [1.54, 1.807) is 0 Å². The van der Waals surface area contributed by atoms with E-state index in [0.717, 1.165) is 30.0 Å². The maximum absolute atomic E-state index is 13.7. The number of aromatic nitrogens is 4. The Bertz CT molecular complexity index is 1220. The van der Waals surface area contributed by atoms with Crippen molar-refractivity contribution in [1.82, 2.24) is 20.2 Å². The number of halogens is 3. The number of amides is 1. The second-order valence-corrected chi connectivity index (χ2v) is 6.98. The number of carbonyl (C=O) groups excluding carboxylic acids is 2. The topological polar surface area (TPSA) is 142 Å². The number of ether oxygens (including phenoxy) is 1. The average Bonchev–Trinajstić information content (AvgIpc) is 3.17. The second-order valence-electron chi connectivity index (χ2n) is 5.97. The maximum Gasteiger partial charge on any atom is 0.340 e. The van der Waals surface area contributed by atoms with Crippen molar-refractivity contribution in [2.45, 2.75) is 10.1 Å². The number of nitro benzene ring substituents is 1. The van der Waals surface area contributed by atoms with Crippen LogP contribution in [0.3, 0.4) is 0 Å². The predicted octanol–water partition coefficient (Wildman–Crippen LogP) is 2.48. The summed E-state index contributed by atoms with van der Waals surface area (Å²) in [7, 11) is 1.54. The number of aryl methyl sites for hydroxylation is 1. The fourth-order valence-electron chi connectivity index (χ4n) is 2.30. The summed E-state index contributed by atoms with van der Waals surface area (Å²) in [4.78, 5) is 35.0. The van der Waals surface area contributed by atoms with Crippen molar-refractivity contribution >= 4 is 35.0 Å². The summed E-state index contributed by atoms with van der Waals surface area (Å²) in [5.41, 5.74) is -1.32. The number of rotatable bonds is 7. The Kier molecular flexibility index (Phi) is 6.67. The molecule has 0 saturated carbocycles. The van der Waals surface area contributed by atoms with E-state index in [0.29, 0.717) is 6.07 Å². The number of non-ortho nitro benzene ring substituents is 1. The molecule has 3 rings (SSSR count). The number of nitrogens with one attached hydrogen (secondary N) is 1. The third-order valence-corrected chi connectivity index (χ3v) is 4.92. The first-order valence-electron chi connectivity index (χ1n) is 8.46. The highest BCUT2D eigenvalue weighted by atomic mass is 32.2. The lowest BCUT2D eigenvalue weighted by atomic mass is 10.2. The summed E-state index contributed by atoms with van der Waals surface area (Å²) >= 11 is 0.914. The van der Waals surface area contributed by atoms with Gasteiger partial charge < -0.3 is 10.1 Å². The molecule has 0 unspecified atom stereocenters. The summed E-state index contributed by atoms with van der Waals surface area (Å²) in [6, 6.07) is 4.78. The van der Waals surface area contributed by atoms with Crippen molar-refractivity contribution in [1.29, 1.82) is 0 Å². The quantitative estimate of drug-likeness (QED) is 0.239. The molecule has 0 atom stereocenters. The smallest absolute Gasteiger partial charge is 0.340 e. The highest BCUT2D eigenvalue weighted by molar-refractivity contribution is 7.99. The molecule has 1 aromatic heterocycles. The number of hydrogen-bond donors (Lipinski definition) is 1. The first-order chi connectivity index (χ1) is 15.2. The number of tetrazole rings is 1. The Morgan fingerprint density at radius 3 is 2.62 bits per heavy atom. The molecule has 1 N–H and O–H groups in total. The molecule has 166 valence electrons. The number of carbonyl (C=O) groups is 2. The van der Waals surface area contributed by atoms with Gasteiger partial charge >= 0.3 is 5.97 Å². The molecule has 2 aromatic carbocycles. The van der Waals surface area contributed by atoms with Crippen LogP contribution >= 0.6 is 11.8 Å². The zero-order valence-electron chi connectivity index (χ0n) is 15.9. The molecular weight excluding hydrogens is 457 g/mol. The van der Waals surface area contributed by atoms with Gasteiger partial charge in [0, 0.05) is 24.1 Å². The maximum atomic E-state index is 13.7. The molecule has 11 nitrogen and oxygen atoms in total. The van der Waals surface area contributed by atoms with E-state index >= 15 is 0 Å². The zero-order valence-corrected chi connectivity index (χ0v) is 16.7. The van der Waals surface area contributed by atoms with E-state index in [1.807, 2.05) is 5.32 Å². The molecule has 0 saturated heterocycles. The first kappa shape index (κ1) is 22.7. The number of anilines is 1. The van der Waals surface area contributed by atoms with Crippen LogP contribution in [0.25, 0.3) is 0 Å². The van der Waals surface area contributed by atoms with E-state index in [4.69, 9.17) is 4.74 Å². The van der Waals surface area contributed by atoms with Crippen LogP contribution in [-0.2, 0) is 16.6 Å². The Hall–Kier alpha value is -4.01. The van der Waals surface area contributed by atoms with E-state index < -0.39 is 52.2 Å². The van der Waals surface area contributed by atoms with Gasteiger partial charge in [-0.2, -0.15) is 0 Å². The summed E-state index contributed by atoms with van der Waals surface area (Å²) < 4.78 is 46.0. The largest absolute Gasteiger partial charge is 0.452 e. The standard InChI is InChI=1S/C17H11F3N6O5S/c1-25-17(22-23-24-25)32-12-5-2-8(26(29)30)6-9(12)16(28)31-7-13(27)21-11-4-3-10(18)14(19)15(11)20/h2-6H,7H2,1H3,(H,21,27). The van der Waals surface area contributed by atoms with Crippen LogP contribution in [0.4, 0.5) is 24.5 Å². The monoisotopic (exact) mass is 468 g/mol. The number of benzene rings is 2. The van der Waals surface area contributed by atoms with Crippen molar-refractivity contribution in [2.24, 2.45) is 7.05 Å². The lowest BCUT2D eigenvalue weighted by Gasteiger charge is -2.10. The molecule has 0 radical (unpaired) electrons. The van der Waals surface area contributed by atoms with E-state index in [-0.39, 0.29) is 15.6 Å². The van der Waals surface area contributed by atoms with Gasteiger partial charge in [0.1, 0.15) is 0 Å². The minimum absolute atomic E-state index is 0.200. The molecule has 0 aliphatic carbocycles. The minimum Gasteiger partial charge on any atom is -0.452 e. The van der Waals surface area contributed by atoms with Crippen molar-refractivity contribution in [3.8, 4) is 0 Å². The first-order valence-corrected chi connectivity index (χ1v) is 9.28. The van der Waals surface area contributed by atoms with Gasteiger partial charge in [0.25, 0.3) is 11.6 Å². The van der Waals surface area contributed by atoms with Gasteiger partial charge in [0.15, 0.2) is 24.1 Å². The summed E-state index contributed by atoms with van der Waals surface area (Å²) in [5.74, 6) is -7.01. The summed E-state index contributed by atoms with van der Waals surface area (Å²) in [6.45, 7) is -0.935. The summed E-state index contributed by atoms with van der Waals surface area (Å²) in [5, 5.41) is 24.1. The van der Waals surface area contributed by atoms with Gasteiger partial charge in [-0.15, -0.1) is 5.10 Å². The molecule has 0 fully saturated rings. The number of esters is 1. The highest BCUT2D eigenvalue weighted by Crippen LogP contribution is 2.31. The van der Waals surface area contributed by atoms with Crippen LogP contribution in [0.15, 0.2) is 40.4 Å². The third-order valence-electron chi connectivity index (χ3n) is 3.82. The van der Waals surface area contributed by atoms with Crippen molar-refractivity contribution in [3.05, 3.63) is 63.5 Å². The number of nitro groups is 1. The molecule has 0 bridgehead atoms. The van der Waals surface area contributed by atoms with Crippen molar-refractivity contribution in [3.63, 3.8) is 0 Å². The molecular formula is C17H11F3N6O5S. The minimum atomic E-state index is -1.78. The predicted molar refractivity (Wildman–Crippen MR) is 101 cm³/mol. The normalized spacial score (nSPS) is 10.6. The Balaban J connectivity index is 1.75. The van der Waals surface area contributed by atoms with E-state index in [9.17, 15) is 32.9 Å². The molecule has 1 heterocycles. The molecule has 0 aliphatic heterocycles. The number of nitrogens with zero attached hydrogens (tertiary/aromatic N) is 5. The van der Waals surface area contributed by atoms with Crippen molar-refractivity contribution < 1.29 is 32.4 Å². The molecule has 0 aliphatic rings. The Labute approximate surface area is 180 Å². The number of hydrogen-bond acceptors (Lipinski definition) is 9. The molecule has 32 heavy (non-hydrogen) atoms. The zero-order chi connectivity index (χ0) is 23.4. The van der Waals surface area contributed by atoms with Crippen LogP contribution in [0.1, 0.15) is 10.4 Å². The second kappa shape index (κ2) is 9.42. The van der Waals surface area contributed by atoms with Gasteiger partial charge in [-0.05, 0) is 40.4 Å². The van der Waals surface area contributed by atoms with Crippen molar-refractivity contribution in [2.75, 3.05) is 11.9 Å². The molecule has 15 heteroatoms. The van der Waals surface area contributed by atoms with Gasteiger partial charge in [-0.3, -0.25) is 14.9 Å². The fraction of sp³-hybridized carbons (Fsp3) is 0.118. The van der Waals surface area contributed by atoms with Crippen LogP contribution in [0.5, 0.6) is 0 Å². The van der Waals surface area contributed by atoms with Gasteiger partial charge in [0.2, 0.25) is 5.16 Å². The fourth-order valence-corrected chi connectivity index (χ4v) is 3.13. The Morgan fingerprint density at radius 2 is 1.97 bits per heavy atom. The highest BCUT2D eigenvalue weighted by Gasteiger charge is 2.22. The van der Waals surface area contributed by atoms with Crippen LogP contribution in [0, 0.1) is 27.6 Å². The van der Waals surface area contributed by atoms with Crippen LogP contribution < -0.4 is 5.32 Å². The lowest BCUT2D eigenvalue weighted by Crippen LogP contribution is -2.22. The average molecular weight is 468 g/mol.